The minimum absolute atomic E-state index is 0.104. The van der Waals surface area contributed by atoms with Gasteiger partial charge in [0.15, 0.2) is 0 Å². The summed E-state index contributed by atoms with van der Waals surface area (Å²) in [6, 6.07) is 0. The van der Waals surface area contributed by atoms with Crippen LogP contribution in [0.15, 0.2) is 25.0 Å². The summed E-state index contributed by atoms with van der Waals surface area (Å²) in [6.07, 6.45) is 0.995. The van der Waals surface area contributed by atoms with Gasteiger partial charge in [-0.3, -0.25) is 9.59 Å². The van der Waals surface area contributed by atoms with Crippen molar-refractivity contribution in [3.05, 3.63) is 25.0 Å². The van der Waals surface area contributed by atoms with Crippen LogP contribution in [0.25, 0.3) is 0 Å². The zero-order valence-electron chi connectivity index (χ0n) is 11.6. The monoisotopic (exact) mass is 272 g/mol. The summed E-state index contributed by atoms with van der Waals surface area (Å²) in [7, 11) is 0. The van der Waals surface area contributed by atoms with E-state index in [1.165, 1.54) is 6.92 Å². The number of carbonyl (C=O) groups excluding carboxylic acids is 3. The quantitative estimate of drug-likeness (QED) is 0.317. The van der Waals surface area contributed by atoms with Crippen LogP contribution in [0.1, 0.15) is 27.2 Å². The van der Waals surface area contributed by atoms with E-state index in [1.807, 2.05) is 0 Å². The first-order valence-corrected chi connectivity index (χ1v) is 5.67. The first-order chi connectivity index (χ1) is 8.88. The number of esters is 3. The molecule has 0 aliphatic rings. The normalized spacial score (nSPS) is 8.37. The molecule has 0 aromatic carbocycles. The minimum atomic E-state index is -0.546. The van der Waals surface area contributed by atoms with Gasteiger partial charge in [0.05, 0.1) is 25.9 Å². The molecule has 0 fully saturated rings. The number of carbonyl (C=O) groups is 3. The van der Waals surface area contributed by atoms with Crippen molar-refractivity contribution in [2.75, 3.05) is 13.2 Å². The molecule has 0 heterocycles. The van der Waals surface area contributed by atoms with Crippen molar-refractivity contribution in [2.24, 2.45) is 0 Å². The Hall–Kier alpha value is -2.11. The Morgan fingerprint density at radius 1 is 1.11 bits per heavy atom. The third-order valence-electron chi connectivity index (χ3n) is 1.48. The van der Waals surface area contributed by atoms with Crippen LogP contribution < -0.4 is 0 Å². The fraction of sp³-hybridized carbons (Fsp3) is 0.462. The summed E-state index contributed by atoms with van der Waals surface area (Å²) >= 11 is 0. The van der Waals surface area contributed by atoms with Crippen LogP contribution in [0, 0.1) is 0 Å². The third-order valence-corrected chi connectivity index (χ3v) is 1.48. The van der Waals surface area contributed by atoms with Gasteiger partial charge in [-0.25, -0.2) is 4.79 Å². The Labute approximate surface area is 113 Å². The molecule has 0 saturated carbocycles. The largest absolute Gasteiger partial charge is 0.466 e. The van der Waals surface area contributed by atoms with E-state index in [9.17, 15) is 14.4 Å². The molecule has 0 rings (SSSR count). The maximum absolute atomic E-state index is 11.0. The molecule has 0 aromatic rings. The maximum Gasteiger partial charge on any atom is 0.333 e. The van der Waals surface area contributed by atoms with Gasteiger partial charge in [0.25, 0.3) is 0 Å². The van der Waals surface area contributed by atoms with E-state index in [1.54, 1.807) is 13.8 Å². The van der Waals surface area contributed by atoms with Gasteiger partial charge in [-0.05, 0) is 13.8 Å². The van der Waals surface area contributed by atoms with Gasteiger partial charge in [0.1, 0.15) is 0 Å². The molecule has 0 N–H and O–H groups in total. The first kappa shape index (κ1) is 19.2. The maximum atomic E-state index is 11.0. The molecule has 0 spiro atoms. The van der Waals surface area contributed by atoms with E-state index >= 15 is 0 Å². The van der Waals surface area contributed by atoms with E-state index in [2.05, 4.69) is 27.4 Å². The molecule has 0 amide bonds. The molecule has 6 nitrogen and oxygen atoms in total. The molecule has 19 heavy (non-hydrogen) atoms. The minimum Gasteiger partial charge on any atom is -0.466 e. The van der Waals surface area contributed by atoms with Crippen LogP contribution >= 0.6 is 0 Å². The van der Waals surface area contributed by atoms with Gasteiger partial charge in [-0.2, -0.15) is 0 Å². The van der Waals surface area contributed by atoms with Crippen molar-refractivity contribution in [2.45, 2.75) is 27.2 Å². The standard InChI is InChI=1S/C9H14O4.C4H6O2/c1-4-12-8(10)6-7(3)9(11)13-5-2;1-3-6-4(2)5/h3-6H2,1-2H3;3H,1H2,2H3. The summed E-state index contributed by atoms with van der Waals surface area (Å²) in [5.74, 6) is -1.33. The second-order valence-corrected chi connectivity index (χ2v) is 3.08. The van der Waals surface area contributed by atoms with E-state index in [0.29, 0.717) is 6.61 Å². The van der Waals surface area contributed by atoms with Crippen molar-refractivity contribution in [1.82, 2.24) is 0 Å². The summed E-state index contributed by atoms with van der Waals surface area (Å²) in [4.78, 5) is 31.6. The summed E-state index contributed by atoms with van der Waals surface area (Å²) in [5, 5.41) is 0. The number of ether oxygens (including phenoxy) is 3. The Morgan fingerprint density at radius 3 is 1.95 bits per heavy atom. The number of rotatable bonds is 6. The van der Waals surface area contributed by atoms with Gasteiger partial charge < -0.3 is 14.2 Å². The van der Waals surface area contributed by atoms with Crippen LogP contribution in [-0.2, 0) is 28.6 Å². The van der Waals surface area contributed by atoms with Crippen molar-refractivity contribution < 1.29 is 28.6 Å². The predicted molar refractivity (Wildman–Crippen MR) is 69.0 cm³/mol. The second kappa shape index (κ2) is 12.3. The lowest BCUT2D eigenvalue weighted by molar-refractivity contribution is -0.145. The lowest BCUT2D eigenvalue weighted by atomic mass is 10.2. The molecular weight excluding hydrogens is 252 g/mol. The molecular formula is C13H20O6. The highest BCUT2D eigenvalue weighted by atomic mass is 16.5. The topological polar surface area (TPSA) is 78.9 Å². The average Bonchev–Trinajstić information content (AvgIpc) is 2.30. The number of hydrogen-bond donors (Lipinski definition) is 0. The summed E-state index contributed by atoms with van der Waals surface area (Å²) < 4.78 is 13.4. The molecule has 0 bridgehead atoms. The number of hydrogen-bond acceptors (Lipinski definition) is 6. The van der Waals surface area contributed by atoms with Crippen LogP contribution in [0.4, 0.5) is 0 Å². The highest BCUT2D eigenvalue weighted by molar-refractivity contribution is 5.93. The Kier molecular flexibility index (Phi) is 12.5. The van der Waals surface area contributed by atoms with Gasteiger partial charge in [0, 0.05) is 12.5 Å². The van der Waals surface area contributed by atoms with Gasteiger partial charge in [-0.15, -0.1) is 0 Å². The zero-order valence-corrected chi connectivity index (χ0v) is 11.6. The molecule has 0 aliphatic heterocycles. The van der Waals surface area contributed by atoms with Gasteiger partial charge >= 0.3 is 17.9 Å². The van der Waals surface area contributed by atoms with Crippen molar-refractivity contribution in [3.8, 4) is 0 Å². The van der Waals surface area contributed by atoms with Crippen LogP contribution in [0.2, 0.25) is 0 Å². The molecule has 6 heteroatoms. The fourth-order valence-corrected chi connectivity index (χ4v) is 0.809. The summed E-state index contributed by atoms with van der Waals surface area (Å²) in [5.41, 5.74) is 0.125. The second-order valence-electron chi connectivity index (χ2n) is 3.08. The zero-order chi connectivity index (χ0) is 15.3. The van der Waals surface area contributed by atoms with Crippen molar-refractivity contribution >= 4 is 17.9 Å². The molecule has 108 valence electrons. The van der Waals surface area contributed by atoms with Crippen LogP contribution in [0.3, 0.4) is 0 Å². The van der Waals surface area contributed by atoms with Gasteiger partial charge in [-0.1, -0.05) is 13.2 Å². The third kappa shape index (κ3) is 13.8. The SMILES string of the molecule is C=C(CC(=O)OCC)C(=O)OCC.C=COC(C)=O. The first-order valence-electron chi connectivity index (χ1n) is 5.67. The Morgan fingerprint density at radius 2 is 1.63 bits per heavy atom. The lowest BCUT2D eigenvalue weighted by Crippen LogP contribution is -2.12. The molecule has 0 saturated heterocycles. The van der Waals surface area contributed by atoms with Crippen molar-refractivity contribution in [3.63, 3.8) is 0 Å². The van der Waals surface area contributed by atoms with E-state index in [4.69, 9.17) is 0 Å². The molecule has 0 aromatic heterocycles. The lowest BCUT2D eigenvalue weighted by Gasteiger charge is -2.04. The van der Waals surface area contributed by atoms with Crippen LogP contribution in [-0.4, -0.2) is 31.1 Å². The molecule has 0 aliphatic carbocycles. The molecule has 0 unspecified atom stereocenters. The average molecular weight is 272 g/mol. The van der Waals surface area contributed by atoms with Gasteiger partial charge in [0.2, 0.25) is 0 Å². The Balaban J connectivity index is 0. The highest BCUT2D eigenvalue weighted by Crippen LogP contribution is 2.02. The highest BCUT2D eigenvalue weighted by Gasteiger charge is 2.12. The molecule has 0 atom stereocenters. The van der Waals surface area contributed by atoms with E-state index < -0.39 is 11.9 Å². The van der Waals surface area contributed by atoms with Crippen LogP contribution in [0.5, 0.6) is 0 Å². The predicted octanol–water partition coefficient (Wildman–Crippen LogP) is 1.75. The smallest absolute Gasteiger partial charge is 0.333 e. The summed E-state index contributed by atoms with van der Waals surface area (Å²) in [6.45, 7) is 11.9. The fourth-order valence-electron chi connectivity index (χ4n) is 0.809. The van der Waals surface area contributed by atoms with E-state index in [-0.39, 0.29) is 24.6 Å². The molecule has 0 radical (unpaired) electrons. The van der Waals surface area contributed by atoms with Crippen molar-refractivity contribution in [1.29, 1.82) is 0 Å². The Bertz CT molecular complexity index is 332. The van der Waals surface area contributed by atoms with E-state index in [0.717, 1.165) is 6.26 Å².